The molecular formula is C15H21NO3. The quantitative estimate of drug-likeness (QED) is 0.767. The van der Waals surface area contributed by atoms with Gasteiger partial charge in [0.05, 0.1) is 14.2 Å². The molecule has 0 fully saturated rings. The number of methoxy groups -OCH3 is 2. The van der Waals surface area contributed by atoms with E-state index in [9.17, 15) is 4.79 Å². The van der Waals surface area contributed by atoms with Gasteiger partial charge in [-0.15, -0.1) is 0 Å². The lowest BCUT2D eigenvalue weighted by Gasteiger charge is -2.17. The van der Waals surface area contributed by atoms with E-state index in [4.69, 9.17) is 9.47 Å². The van der Waals surface area contributed by atoms with E-state index in [0.29, 0.717) is 18.0 Å². The number of carbonyl (C=O) groups is 1. The Hall–Kier alpha value is -1.97. The van der Waals surface area contributed by atoms with Crippen LogP contribution in [0.5, 0.6) is 11.5 Å². The average molecular weight is 263 g/mol. The molecular weight excluding hydrogens is 242 g/mol. The molecule has 1 aromatic rings. The second kappa shape index (κ2) is 6.83. The molecule has 0 aliphatic carbocycles. The van der Waals surface area contributed by atoms with Crippen LogP contribution in [0.4, 0.5) is 0 Å². The first-order valence-electron chi connectivity index (χ1n) is 6.08. The predicted molar refractivity (Wildman–Crippen MR) is 75.5 cm³/mol. The zero-order valence-electron chi connectivity index (χ0n) is 12.2. The third-order valence-electron chi connectivity index (χ3n) is 2.66. The van der Waals surface area contributed by atoms with Gasteiger partial charge < -0.3 is 14.4 Å². The molecule has 0 radical (unpaired) electrons. The second-order valence-corrected chi connectivity index (χ2v) is 4.61. The van der Waals surface area contributed by atoms with Crippen LogP contribution in [-0.2, 0) is 11.3 Å². The number of allylic oxidation sites excluding steroid dienone is 1. The molecule has 0 saturated carbocycles. The van der Waals surface area contributed by atoms with Gasteiger partial charge in [-0.25, -0.2) is 0 Å². The van der Waals surface area contributed by atoms with E-state index in [2.05, 4.69) is 0 Å². The number of ether oxygens (including phenoxy) is 2. The van der Waals surface area contributed by atoms with Crippen molar-refractivity contribution in [3.63, 3.8) is 0 Å². The van der Waals surface area contributed by atoms with Crippen LogP contribution in [0.1, 0.15) is 19.4 Å². The van der Waals surface area contributed by atoms with Crippen molar-refractivity contribution < 1.29 is 14.3 Å². The van der Waals surface area contributed by atoms with Crippen molar-refractivity contribution in [3.8, 4) is 11.5 Å². The Bertz CT molecular complexity index is 476. The van der Waals surface area contributed by atoms with Crippen LogP contribution in [0.2, 0.25) is 0 Å². The highest BCUT2D eigenvalue weighted by Gasteiger charge is 2.09. The summed E-state index contributed by atoms with van der Waals surface area (Å²) in [4.78, 5) is 13.5. The van der Waals surface area contributed by atoms with Crippen LogP contribution in [0.3, 0.4) is 0 Å². The normalized spacial score (nSPS) is 9.74. The molecule has 0 aliphatic heterocycles. The Morgan fingerprint density at radius 2 is 1.84 bits per heavy atom. The molecule has 104 valence electrons. The molecule has 0 N–H and O–H groups in total. The van der Waals surface area contributed by atoms with E-state index < -0.39 is 0 Å². The lowest BCUT2D eigenvalue weighted by atomic mass is 10.2. The highest BCUT2D eigenvalue weighted by atomic mass is 16.5. The Balaban J connectivity index is 2.82. The van der Waals surface area contributed by atoms with E-state index in [1.54, 1.807) is 32.2 Å². The first-order chi connectivity index (χ1) is 8.97. The lowest BCUT2D eigenvalue weighted by molar-refractivity contribution is -0.125. The topological polar surface area (TPSA) is 38.8 Å². The number of amides is 1. The SMILES string of the molecule is COc1ccc(CN(C)C(=O)C=C(C)C)cc1OC. The largest absolute Gasteiger partial charge is 0.493 e. The first kappa shape index (κ1) is 15.1. The highest BCUT2D eigenvalue weighted by Crippen LogP contribution is 2.27. The lowest BCUT2D eigenvalue weighted by Crippen LogP contribution is -2.24. The number of carbonyl (C=O) groups excluding carboxylic acids is 1. The molecule has 4 heteroatoms. The second-order valence-electron chi connectivity index (χ2n) is 4.61. The van der Waals surface area contributed by atoms with Crippen LogP contribution in [-0.4, -0.2) is 32.1 Å². The molecule has 1 rings (SSSR count). The highest BCUT2D eigenvalue weighted by molar-refractivity contribution is 5.87. The Kier molecular flexibility index (Phi) is 5.42. The Morgan fingerprint density at radius 1 is 1.21 bits per heavy atom. The van der Waals surface area contributed by atoms with E-state index >= 15 is 0 Å². The van der Waals surface area contributed by atoms with Gasteiger partial charge in [0.1, 0.15) is 0 Å². The third kappa shape index (κ3) is 4.32. The minimum absolute atomic E-state index is 0.00483. The van der Waals surface area contributed by atoms with Crippen molar-refractivity contribution in [1.82, 2.24) is 4.90 Å². The summed E-state index contributed by atoms with van der Waals surface area (Å²) in [7, 11) is 4.97. The minimum Gasteiger partial charge on any atom is -0.493 e. The van der Waals surface area contributed by atoms with E-state index in [-0.39, 0.29) is 5.91 Å². The Labute approximate surface area is 114 Å². The minimum atomic E-state index is -0.00483. The maximum atomic E-state index is 11.8. The summed E-state index contributed by atoms with van der Waals surface area (Å²) in [6.45, 7) is 4.34. The van der Waals surface area contributed by atoms with Crippen molar-refractivity contribution >= 4 is 5.91 Å². The summed E-state index contributed by atoms with van der Waals surface area (Å²) in [5, 5.41) is 0. The summed E-state index contributed by atoms with van der Waals surface area (Å²) < 4.78 is 10.4. The van der Waals surface area contributed by atoms with Gasteiger partial charge in [-0.05, 0) is 31.5 Å². The average Bonchev–Trinajstić information content (AvgIpc) is 2.37. The van der Waals surface area contributed by atoms with Crippen molar-refractivity contribution in [1.29, 1.82) is 0 Å². The van der Waals surface area contributed by atoms with Crippen molar-refractivity contribution in [3.05, 3.63) is 35.4 Å². The number of nitrogens with zero attached hydrogens (tertiary/aromatic N) is 1. The van der Waals surface area contributed by atoms with Crippen LogP contribution >= 0.6 is 0 Å². The van der Waals surface area contributed by atoms with Gasteiger partial charge in [0.25, 0.3) is 0 Å². The predicted octanol–water partition coefficient (Wildman–Crippen LogP) is 2.63. The van der Waals surface area contributed by atoms with E-state index in [0.717, 1.165) is 11.1 Å². The fourth-order valence-corrected chi connectivity index (χ4v) is 1.69. The summed E-state index contributed by atoms with van der Waals surface area (Å²) in [6.07, 6.45) is 1.63. The molecule has 0 unspecified atom stereocenters. The summed E-state index contributed by atoms with van der Waals surface area (Å²) in [6, 6.07) is 5.65. The van der Waals surface area contributed by atoms with Gasteiger partial charge in [-0.1, -0.05) is 11.6 Å². The molecule has 0 aromatic heterocycles. The van der Waals surface area contributed by atoms with Gasteiger partial charge in [0, 0.05) is 19.7 Å². The summed E-state index contributed by atoms with van der Waals surface area (Å²) >= 11 is 0. The smallest absolute Gasteiger partial charge is 0.246 e. The van der Waals surface area contributed by atoms with Gasteiger partial charge in [0.2, 0.25) is 5.91 Å². The van der Waals surface area contributed by atoms with Crippen LogP contribution in [0, 0.1) is 0 Å². The monoisotopic (exact) mass is 263 g/mol. The van der Waals surface area contributed by atoms with Gasteiger partial charge >= 0.3 is 0 Å². The molecule has 0 bridgehead atoms. The number of likely N-dealkylation sites (N-methyl/N-ethyl adjacent to an activating group) is 1. The van der Waals surface area contributed by atoms with Gasteiger partial charge in [0.15, 0.2) is 11.5 Å². The molecule has 1 aromatic carbocycles. The molecule has 0 saturated heterocycles. The van der Waals surface area contributed by atoms with E-state index in [1.807, 2.05) is 32.0 Å². The number of rotatable bonds is 5. The zero-order chi connectivity index (χ0) is 14.4. The molecule has 0 aliphatic rings. The van der Waals surface area contributed by atoms with Crippen LogP contribution < -0.4 is 9.47 Å². The molecule has 0 atom stereocenters. The first-order valence-corrected chi connectivity index (χ1v) is 6.08. The molecule has 0 spiro atoms. The molecule has 19 heavy (non-hydrogen) atoms. The zero-order valence-corrected chi connectivity index (χ0v) is 12.2. The maximum absolute atomic E-state index is 11.8. The van der Waals surface area contributed by atoms with Crippen LogP contribution in [0.25, 0.3) is 0 Å². The van der Waals surface area contributed by atoms with Crippen LogP contribution in [0.15, 0.2) is 29.8 Å². The van der Waals surface area contributed by atoms with E-state index in [1.165, 1.54) is 0 Å². The number of benzene rings is 1. The number of hydrogen-bond donors (Lipinski definition) is 0. The van der Waals surface area contributed by atoms with Crippen molar-refractivity contribution in [2.75, 3.05) is 21.3 Å². The summed E-state index contributed by atoms with van der Waals surface area (Å²) in [5.74, 6) is 1.35. The number of hydrogen-bond acceptors (Lipinski definition) is 3. The van der Waals surface area contributed by atoms with Gasteiger partial charge in [-0.2, -0.15) is 0 Å². The Morgan fingerprint density at radius 3 is 2.37 bits per heavy atom. The van der Waals surface area contributed by atoms with Gasteiger partial charge in [-0.3, -0.25) is 4.79 Å². The molecule has 1 amide bonds. The summed E-state index contributed by atoms with van der Waals surface area (Å²) in [5.41, 5.74) is 1.99. The third-order valence-corrected chi connectivity index (χ3v) is 2.66. The molecule has 0 heterocycles. The standard InChI is InChI=1S/C15H21NO3/c1-11(2)8-15(17)16(3)10-12-6-7-13(18-4)14(9-12)19-5/h6-9H,10H2,1-5H3. The maximum Gasteiger partial charge on any atom is 0.246 e. The fourth-order valence-electron chi connectivity index (χ4n) is 1.69. The van der Waals surface area contributed by atoms with Crippen molar-refractivity contribution in [2.45, 2.75) is 20.4 Å². The van der Waals surface area contributed by atoms with Crippen molar-refractivity contribution in [2.24, 2.45) is 0 Å². The molecule has 4 nitrogen and oxygen atoms in total. The fraction of sp³-hybridized carbons (Fsp3) is 0.400.